The molecule has 1 saturated heterocycles. The van der Waals surface area contributed by atoms with E-state index in [1.807, 2.05) is 23.9 Å². The number of rotatable bonds is 5. The SMILES string of the molecule is CCCC1(C(=O)Nc2ccn(CC)n2)CCCN1. The molecule has 5 heteroatoms. The van der Waals surface area contributed by atoms with E-state index in [9.17, 15) is 4.79 Å². The predicted molar refractivity (Wildman–Crippen MR) is 71.4 cm³/mol. The maximum absolute atomic E-state index is 12.4. The molecule has 1 atom stereocenters. The normalized spacial score (nSPS) is 23.2. The summed E-state index contributed by atoms with van der Waals surface area (Å²) in [6, 6.07) is 1.84. The molecule has 1 amide bonds. The Kier molecular flexibility index (Phi) is 4.01. The first-order valence-electron chi connectivity index (χ1n) is 6.80. The number of aryl methyl sites for hydroxylation is 1. The van der Waals surface area contributed by atoms with E-state index in [0.717, 1.165) is 38.8 Å². The smallest absolute Gasteiger partial charge is 0.245 e. The quantitative estimate of drug-likeness (QED) is 0.837. The number of hydrogen-bond acceptors (Lipinski definition) is 3. The van der Waals surface area contributed by atoms with Gasteiger partial charge in [-0.1, -0.05) is 13.3 Å². The lowest BCUT2D eigenvalue weighted by molar-refractivity contribution is -0.122. The Morgan fingerprint density at radius 3 is 3.00 bits per heavy atom. The van der Waals surface area contributed by atoms with Gasteiger partial charge in [0.25, 0.3) is 0 Å². The Balaban J connectivity index is 2.05. The Morgan fingerprint density at radius 1 is 1.61 bits per heavy atom. The molecule has 1 aromatic rings. The van der Waals surface area contributed by atoms with Crippen molar-refractivity contribution in [1.29, 1.82) is 0 Å². The van der Waals surface area contributed by atoms with Crippen LogP contribution in [0.1, 0.15) is 39.5 Å². The molecule has 2 rings (SSSR count). The van der Waals surface area contributed by atoms with E-state index in [1.165, 1.54) is 0 Å². The average molecular weight is 250 g/mol. The van der Waals surface area contributed by atoms with Gasteiger partial charge < -0.3 is 10.6 Å². The molecule has 0 radical (unpaired) electrons. The molecule has 1 unspecified atom stereocenters. The number of amides is 1. The highest BCUT2D eigenvalue weighted by Crippen LogP contribution is 2.26. The third-order valence-electron chi connectivity index (χ3n) is 3.56. The molecule has 18 heavy (non-hydrogen) atoms. The van der Waals surface area contributed by atoms with Crippen LogP contribution >= 0.6 is 0 Å². The molecule has 1 fully saturated rings. The second-order valence-electron chi connectivity index (χ2n) is 4.87. The van der Waals surface area contributed by atoms with Crippen LogP contribution in [0, 0.1) is 0 Å². The zero-order valence-corrected chi connectivity index (χ0v) is 11.2. The van der Waals surface area contributed by atoms with Gasteiger partial charge in [-0.3, -0.25) is 9.48 Å². The van der Waals surface area contributed by atoms with Crippen molar-refractivity contribution in [2.24, 2.45) is 0 Å². The number of nitrogens with one attached hydrogen (secondary N) is 2. The van der Waals surface area contributed by atoms with Gasteiger partial charge in [0.1, 0.15) is 0 Å². The van der Waals surface area contributed by atoms with Crippen molar-refractivity contribution in [3.8, 4) is 0 Å². The number of nitrogens with zero attached hydrogens (tertiary/aromatic N) is 2. The van der Waals surface area contributed by atoms with Crippen LogP contribution in [0.4, 0.5) is 5.82 Å². The predicted octanol–water partition coefficient (Wildman–Crippen LogP) is 1.76. The van der Waals surface area contributed by atoms with Gasteiger partial charge in [0.2, 0.25) is 5.91 Å². The average Bonchev–Trinajstić information content (AvgIpc) is 2.99. The summed E-state index contributed by atoms with van der Waals surface area (Å²) in [6.07, 6.45) is 5.75. The Bertz CT molecular complexity index is 407. The molecule has 0 aliphatic carbocycles. The maximum atomic E-state index is 12.4. The van der Waals surface area contributed by atoms with Crippen molar-refractivity contribution < 1.29 is 4.79 Å². The number of hydrogen-bond donors (Lipinski definition) is 2. The second-order valence-corrected chi connectivity index (χ2v) is 4.87. The van der Waals surface area contributed by atoms with Gasteiger partial charge in [-0.2, -0.15) is 5.10 Å². The lowest BCUT2D eigenvalue weighted by atomic mass is 9.91. The standard InChI is InChI=1S/C13H22N4O/c1-3-7-13(8-5-9-14-13)12(18)15-11-6-10-17(4-2)16-11/h6,10,14H,3-5,7-9H2,1-2H3,(H,15,16,18). The third-order valence-corrected chi connectivity index (χ3v) is 3.56. The summed E-state index contributed by atoms with van der Waals surface area (Å²) < 4.78 is 1.81. The fourth-order valence-electron chi connectivity index (χ4n) is 2.59. The molecule has 5 nitrogen and oxygen atoms in total. The van der Waals surface area contributed by atoms with Crippen LogP contribution in [-0.2, 0) is 11.3 Å². The molecule has 1 aromatic heterocycles. The monoisotopic (exact) mass is 250 g/mol. The molecule has 0 bridgehead atoms. The van der Waals surface area contributed by atoms with E-state index in [-0.39, 0.29) is 11.4 Å². The highest BCUT2D eigenvalue weighted by atomic mass is 16.2. The van der Waals surface area contributed by atoms with Crippen molar-refractivity contribution >= 4 is 11.7 Å². The van der Waals surface area contributed by atoms with Crippen molar-refractivity contribution in [3.05, 3.63) is 12.3 Å². The zero-order valence-electron chi connectivity index (χ0n) is 11.2. The van der Waals surface area contributed by atoms with Gasteiger partial charge in [0.15, 0.2) is 5.82 Å². The number of carbonyl (C=O) groups excluding carboxylic acids is 1. The third kappa shape index (κ3) is 2.56. The highest BCUT2D eigenvalue weighted by molar-refractivity contribution is 5.97. The van der Waals surface area contributed by atoms with Gasteiger partial charge in [0, 0.05) is 18.8 Å². The first kappa shape index (κ1) is 13.1. The lowest BCUT2D eigenvalue weighted by Crippen LogP contribution is -2.50. The summed E-state index contributed by atoms with van der Waals surface area (Å²) in [5.41, 5.74) is -0.384. The van der Waals surface area contributed by atoms with Crippen LogP contribution in [0.3, 0.4) is 0 Å². The van der Waals surface area contributed by atoms with Crippen LogP contribution in [0.15, 0.2) is 12.3 Å². The number of aromatic nitrogens is 2. The molecule has 2 heterocycles. The van der Waals surface area contributed by atoms with Crippen LogP contribution < -0.4 is 10.6 Å². The van der Waals surface area contributed by atoms with Crippen molar-refractivity contribution in [3.63, 3.8) is 0 Å². The minimum Gasteiger partial charge on any atom is -0.308 e. The van der Waals surface area contributed by atoms with E-state index >= 15 is 0 Å². The van der Waals surface area contributed by atoms with E-state index in [0.29, 0.717) is 5.82 Å². The molecular formula is C13H22N4O. The molecule has 1 aliphatic heterocycles. The van der Waals surface area contributed by atoms with E-state index in [2.05, 4.69) is 22.7 Å². The van der Waals surface area contributed by atoms with Gasteiger partial charge in [-0.15, -0.1) is 0 Å². The van der Waals surface area contributed by atoms with E-state index < -0.39 is 0 Å². The van der Waals surface area contributed by atoms with Crippen molar-refractivity contribution in [2.45, 2.75) is 51.6 Å². The lowest BCUT2D eigenvalue weighted by Gasteiger charge is -2.27. The van der Waals surface area contributed by atoms with Crippen LogP contribution in [0.5, 0.6) is 0 Å². The van der Waals surface area contributed by atoms with Crippen LogP contribution in [0.2, 0.25) is 0 Å². The molecule has 0 spiro atoms. The van der Waals surface area contributed by atoms with Crippen LogP contribution in [-0.4, -0.2) is 27.8 Å². The molecular weight excluding hydrogens is 228 g/mol. The topological polar surface area (TPSA) is 59.0 Å². The van der Waals surface area contributed by atoms with E-state index in [1.54, 1.807) is 0 Å². The summed E-state index contributed by atoms with van der Waals surface area (Å²) in [7, 11) is 0. The van der Waals surface area contributed by atoms with Gasteiger partial charge >= 0.3 is 0 Å². The minimum atomic E-state index is -0.384. The van der Waals surface area contributed by atoms with E-state index in [4.69, 9.17) is 0 Å². The number of anilines is 1. The summed E-state index contributed by atoms with van der Waals surface area (Å²) in [5.74, 6) is 0.703. The van der Waals surface area contributed by atoms with Crippen molar-refractivity contribution in [2.75, 3.05) is 11.9 Å². The molecule has 0 aromatic carbocycles. The highest BCUT2D eigenvalue weighted by Gasteiger charge is 2.40. The summed E-state index contributed by atoms with van der Waals surface area (Å²) in [5, 5.41) is 10.6. The fourth-order valence-corrected chi connectivity index (χ4v) is 2.59. The Morgan fingerprint density at radius 2 is 2.44 bits per heavy atom. The molecule has 2 N–H and O–H groups in total. The van der Waals surface area contributed by atoms with Gasteiger partial charge in [0.05, 0.1) is 5.54 Å². The Hall–Kier alpha value is -1.36. The fraction of sp³-hybridized carbons (Fsp3) is 0.692. The van der Waals surface area contributed by atoms with Crippen LogP contribution in [0.25, 0.3) is 0 Å². The molecule has 0 saturated carbocycles. The van der Waals surface area contributed by atoms with Crippen molar-refractivity contribution in [1.82, 2.24) is 15.1 Å². The summed E-state index contributed by atoms with van der Waals surface area (Å²) in [4.78, 5) is 12.4. The molecule has 1 aliphatic rings. The Labute approximate surface area is 108 Å². The van der Waals surface area contributed by atoms with Gasteiger partial charge in [-0.25, -0.2) is 0 Å². The largest absolute Gasteiger partial charge is 0.308 e. The summed E-state index contributed by atoms with van der Waals surface area (Å²) in [6.45, 7) is 5.88. The minimum absolute atomic E-state index is 0.0585. The molecule has 100 valence electrons. The summed E-state index contributed by atoms with van der Waals surface area (Å²) >= 11 is 0. The van der Waals surface area contributed by atoms with Gasteiger partial charge in [-0.05, 0) is 32.7 Å². The first-order chi connectivity index (χ1) is 8.70. The first-order valence-corrected chi connectivity index (χ1v) is 6.80. The zero-order chi connectivity index (χ0) is 13.0. The second kappa shape index (κ2) is 5.52. The maximum Gasteiger partial charge on any atom is 0.245 e. The number of carbonyl (C=O) groups is 1.